The molecular weight excluding hydrogens is 2260 g/mol. The third-order valence-electron chi connectivity index (χ3n) is 11.8. The van der Waals surface area contributed by atoms with E-state index in [0.29, 0.717) is 30.3 Å². The van der Waals surface area contributed by atoms with E-state index in [1.165, 1.54) is 18.4 Å². The van der Waals surface area contributed by atoms with Crippen LogP contribution >= 0.6 is 481 Å². The zero-order chi connectivity index (χ0) is 73.2. The highest BCUT2D eigenvalue weighted by Gasteiger charge is 2.53. The summed E-state index contributed by atoms with van der Waals surface area (Å²) in [5.74, 6) is 3.87. The lowest BCUT2D eigenvalue weighted by molar-refractivity contribution is 0.0928. The topological polar surface area (TPSA) is 29.5 Å². The summed E-state index contributed by atoms with van der Waals surface area (Å²) in [5, 5.41) is 8.82. The minimum atomic E-state index is -0.0585. The molecule has 1 rings (SSSR count). The van der Waals surface area contributed by atoms with E-state index in [1.807, 2.05) is 6.07 Å². The van der Waals surface area contributed by atoms with Crippen molar-refractivity contribution in [2.45, 2.75) is 87.7 Å². The first-order valence-electron chi connectivity index (χ1n) is 26.8. The van der Waals surface area contributed by atoms with E-state index in [-0.39, 0.29) is 196 Å². The lowest BCUT2D eigenvalue weighted by Gasteiger charge is -2.52. The largest absolute Gasteiger partial charge is 0.396 e. The van der Waals surface area contributed by atoms with E-state index in [2.05, 4.69) is 390 Å². The van der Waals surface area contributed by atoms with Gasteiger partial charge in [0.1, 0.15) is 0 Å². The van der Waals surface area contributed by atoms with Crippen LogP contribution in [0.25, 0.3) is 0 Å². The Morgan fingerprint density at radius 3 is 0.710 bits per heavy atom. The second-order valence-corrected chi connectivity index (χ2v) is 261. The summed E-state index contributed by atoms with van der Waals surface area (Å²) in [4.78, 5) is 0. The molecule has 0 radical (unpaired) electrons. The van der Waals surface area contributed by atoms with E-state index in [4.69, 9.17) is 9.84 Å². The van der Waals surface area contributed by atoms with Gasteiger partial charge in [0.2, 0.25) is 0 Å². The molecule has 62 heteroatoms. The summed E-state index contributed by atoms with van der Waals surface area (Å²) < 4.78 is 5.77. The Hall–Kier alpha value is 24.4. The Morgan fingerprint density at radius 2 is 0.527 bits per heavy atom. The zero-order valence-corrected chi connectivity index (χ0v) is 116. The minimum Gasteiger partial charge on any atom is -0.396 e. The monoisotopic (exact) mass is 2380 g/mol. The van der Waals surface area contributed by atoms with Crippen molar-refractivity contribution in [2.75, 3.05) is 13.2 Å². The number of ether oxygens (including phenoxy) is 1. The van der Waals surface area contributed by atoms with Gasteiger partial charge in [-0.2, -0.15) is 0 Å². The first kappa shape index (κ1) is 122. The van der Waals surface area contributed by atoms with Gasteiger partial charge in [0, 0.05) is 13.2 Å². The fraction of sp³-hybridized carbons (Fsp3) is 0.677. The predicted octanol–water partition coefficient (Wildman–Crippen LogP) is 43.3. The molecule has 1 N–H and O–H groups in total. The van der Waals surface area contributed by atoms with Crippen molar-refractivity contribution in [3.63, 3.8) is 0 Å². The van der Waals surface area contributed by atoms with Crippen LogP contribution in [0.3, 0.4) is 0 Å². The zero-order valence-electron chi connectivity index (χ0n) is 54.0. The number of hydrogen-bond acceptors (Lipinski definition) is 2. The number of rotatable bonds is 41. The molecular formula is C31H118O2P60. The Balaban J connectivity index is -0.00000121. The second-order valence-electron chi connectivity index (χ2n) is 19.5. The molecule has 0 bridgehead atoms. The van der Waals surface area contributed by atoms with Crippen LogP contribution in [0, 0.1) is 35.5 Å². The van der Waals surface area contributed by atoms with Gasteiger partial charge in [-0.15, -0.1) is 286 Å². The van der Waals surface area contributed by atoms with Crippen LogP contribution in [0.4, 0.5) is 0 Å². The first-order chi connectivity index (χ1) is 42.9. The SMILES string of the molecule is CC[C@H](C)[C@@H](C)/C=C/C[C@H](C)CO.CC[C@H](C)[C@@H](C)/C=C/C[C@H](C)COCc1ccccc1.PP(P)P(P(P)P)P(P(P(P)P)P(P)P)P(P(P(P)P)P(P)P)P(P(P)P)P(P)P.PP(P)P(P(P)P)P(P(P(P)P)P(P)P)P(P(P(P)P)P(P)P)P(P(P)P)P(P)P. The second kappa shape index (κ2) is 72.3. The van der Waals surface area contributed by atoms with Crippen molar-refractivity contribution in [3.05, 3.63) is 60.2 Å². The lowest BCUT2D eigenvalue weighted by Crippen LogP contribution is -2.06. The third kappa shape index (κ3) is 53.7. The van der Waals surface area contributed by atoms with Crippen LogP contribution in [-0.4, -0.2) is 18.3 Å². The summed E-state index contributed by atoms with van der Waals surface area (Å²) in [5.41, 5.74) is 1.25. The number of aliphatic hydroxyl groups is 1. The van der Waals surface area contributed by atoms with Gasteiger partial charge >= 0.3 is 0 Å². The number of allylic oxidation sites excluding steroid dienone is 4. The van der Waals surface area contributed by atoms with Crippen LogP contribution in [0.2, 0.25) is 0 Å². The lowest BCUT2D eigenvalue weighted by atomic mass is 9.92. The highest BCUT2D eigenvalue weighted by atomic mass is 33.5. The van der Waals surface area contributed by atoms with Crippen molar-refractivity contribution in [3.8, 4) is 0 Å². The molecule has 554 valence electrons. The molecule has 0 aliphatic rings. The molecule has 0 aliphatic heterocycles. The quantitative estimate of drug-likeness (QED) is 0.0523. The number of aliphatic hydroxyl groups excluding tert-OH is 1. The summed E-state index contributed by atoms with van der Waals surface area (Å²) >= 11 is 0. The van der Waals surface area contributed by atoms with E-state index in [0.717, 1.165) is 37.9 Å². The highest BCUT2D eigenvalue weighted by molar-refractivity contribution is 9.46. The molecule has 32 unspecified atom stereocenters. The van der Waals surface area contributed by atoms with Gasteiger partial charge in [0.25, 0.3) is 0 Å². The van der Waals surface area contributed by atoms with Gasteiger partial charge < -0.3 is 9.84 Å². The molecule has 38 atom stereocenters. The average molecular weight is 2380 g/mol. The van der Waals surface area contributed by atoms with Crippen LogP contribution in [0.15, 0.2) is 54.6 Å². The van der Waals surface area contributed by atoms with Gasteiger partial charge in [0.15, 0.2) is 0 Å². The standard InChI is InChI=1S/C19H30O.C12H24O.2H32P30/c1-5-17(3)18(4)11-9-10-16(2)14-20-15-19-12-7-6-8-13-19;1-5-11(3)12(4)8-6-7-10(2)9-13;2*1-17(2)25(18(3)4)29(26(19(5)6)20(7)8)30(27(21(9)10)22(11)12)28(23(13)14)24(15)16/h6-9,11-13,16-18H,5,10,14-15H2,1-4H3;6,8,10-13H,5,7,9H2,1-4H3;2*1-16H2/b11-9+;8-6+;;/t16-,17-,18-;10-,11-,12-;;/m00../s1. The van der Waals surface area contributed by atoms with Gasteiger partial charge in [-0.1, -0.05) is 123 Å². The smallest absolute Gasteiger partial charge is 0.0717 e. The van der Waals surface area contributed by atoms with Gasteiger partial charge in [-0.25, -0.2) is 0 Å². The maximum absolute atomic E-state index is 8.82. The van der Waals surface area contributed by atoms with Gasteiger partial charge in [0.05, 0.1) is 6.61 Å². The fourth-order valence-corrected chi connectivity index (χ4v) is 803. The molecule has 1 aromatic rings. The molecule has 0 spiro atoms. The van der Waals surface area contributed by atoms with Crippen molar-refractivity contribution in [1.82, 2.24) is 0 Å². The average Bonchev–Trinajstić information content (AvgIpc) is 0.776. The number of hydrogen-bond donors (Lipinski definition) is 1. The Morgan fingerprint density at radius 1 is 0.323 bits per heavy atom. The molecule has 0 aromatic heterocycles. The first-order valence-corrected chi connectivity index (χ1v) is 134. The van der Waals surface area contributed by atoms with E-state index in [9.17, 15) is 0 Å². The van der Waals surface area contributed by atoms with Crippen molar-refractivity contribution < 1.29 is 9.84 Å². The molecule has 93 heavy (non-hydrogen) atoms. The Labute approximate surface area is 679 Å². The molecule has 0 aliphatic carbocycles. The van der Waals surface area contributed by atoms with Crippen molar-refractivity contribution >= 4 is 481 Å². The highest BCUT2D eigenvalue weighted by Crippen LogP contribution is 3.40. The summed E-state index contributed by atoms with van der Waals surface area (Å²) in [6.07, 6.45) is 13.8. The third-order valence-corrected chi connectivity index (χ3v) is 404. The summed E-state index contributed by atoms with van der Waals surface area (Å²) in [6.45, 7) is 19.3. The summed E-state index contributed by atoms with van der Waals surface area (Å²) in [6, 6.07) is 10.4. The fourth-order valence-electron chi connectivity index (χ4n) is 6.56. The number of benzene rings is 1. The molecule has 0 fully saturated rings. The maximum Gasteiger partial charge on any atom is 0.0717 e. The molecule has 0 saturated heterocycles. The minimum absolute atomic E-state index is 0.0331. The van der Waals surface area contributed by atoms with Gasteiger partial charge in [-0.3, -0.25) is 0 Å². The molecule has 0 saturated carbocycles. The van der Waals surface area contributed by atoms with Gasteiger partial charge in [-0.05, 0) is 250 Å². The molecule has 0 amide bonds. The Kier molecular flexibility index (Phi) is 94.6. The van der Waals surface area contributed by atoms with Crippen LogP contribution < -0.4 is 0 Å². The van der Waals surface area contributed by atoms with Crippen LogP contribution in [0.5, 0.6) is 0 Å². The van der Waals surface area contributed by atoms with Crippen LogP contribution in [0.1, 0.15) is 86.6 Å². The normalized spacial score (nSPS) is 15.3. The van der Waals surface area contributed by atoms with Crippen molar-refractivity contribution in [1.29, 1.82) is 0 Å². The van der Waals surface area contributed by atoms with Crippen LogP contribution in [-0.2, 0) is 11.3 Å². The van der Waals surface area contributed by atoms with Crippen molar-refractivity contribution in [2.24, 2.45) is 35.5 Å². The predicted molar refractivity (Wildman–Crippen MR) is 651 cm³/mol. The molecule has 1 aromatic carbocycles. The van der Waals surface area contributed by atoms with E-state index < -0.39 is 0 Å². The van der Waals surface area contributed by atoms with E-state index >= 15 is 0 Å². The van der Waals surface area contributed by atoms with E-state index in [1.54, 1.807) is 0 Å². The molecule has 0 heterocycles. The maximum atomic E-state index is 8.82. The summed E-state index contributed by atoms with van der Waals surface area (Å²) in [7, 11) is 105. The molecule has 2 nitrogen and oxygen atoms in total. The Bertz CT molecular complexity index is 1690.